The maximum absolute atomic E-state index is 12.1. The Labute approximate surface area is 127 Å². The Hall–Kier alpha value is -1.47. The number of ether oxygens (including phenoxy) is 1. The predicted molar refractivity (Wildman–Crippen MR) is 78.7 cm³/mol. The summed E-state index contributed by atoms with van der Waals surface area (Å²) >= 11 is 1.44. The second kappa shape index (κ2) is 6.53. The van der Waals surface area contributed by atoms with E-state index in [2.05, 4.69) is 10.3 Å². The average molecular weight is 312 g/mol. The van der Waals surface area contributed by atoms with Crippen molar-refractivity contribution < 1.29 is 19.4 Å². The van der Waals surface area contributed by atoms with Crippen LogP contribution in [0.1, 0.15) is 48.1 Å². The summed E-state index contributed by atoms with van der Waals surface area (Å²) in [6.07, 6.45) is 0.827. The van der Waals surface area contributed by atoms with Crippen molar-refractivity contribution >= 4 is 23.2 Å². The molecule has 0 atom stereocenters. The van der Waals surface area contributed by atoms with E-state index < -0.39 is 11.4 Å². The van der Waals surface area contributed by atoms with Gasteiger partial charge in [-0.05, 0) is 12.8 Å². The van der Waals surface area contributed by atoms with E-state index in [4.69, 9.17) is 4.74 Å². The fourth-order valence-corrected chi connectivity index (χ4v) is 3.04. The van der Waals surface area contributed by atoms with Crippen molar-refractivity contribution in [2.24, 2.45) is 5.41 Å². The van der Waals surface area contributed by atoms with Crippen LogP contribution in [0.4, 0.5) is 0 Å². The minimum Gasteiger partial charge on any atom is -0.481 e. The molecule has 6 nitrogen and oxygen atoms in total. The molecule has 1 aromatic rings. The number of carbonyl (C=O) groups is 2. The van der Waals surface area contributed by atoms with E-state index in [0.29, 0.717) is 31.7 Å². The van der Waals surface area contributed by atoms with Crippen LogP contribution in [0.25, 0.3) is 0 Å². The van der Waals surface area contributed by atoms with Gasteiger partial charge in [-0.15, -0.1) is 11.3 Å². The van der Waals surface area contributed by atoms with E-state index >= 15 is 0 Å². The summed E-state index contributed by atoms with van der Waals surface area (Å²) in [5.41, 5.74) is -0.568. The molecule has 0 aliphatic carbocycles. The van der Waals surface area contributed by atoms with Crippen molar-refractivity contribution in [1.82, 2.24) is 10.3 Å². The van der Waals surface area contributed by atoms with Crippen LogP contribution in [0.15, 0.2) is 5.38 Å². The second-order valence-corrected chi connectivity index (χ2v) is 6.50. The van der Waals surface area contributed by atoms with Gasteiger partial charge >= 0.3 is 5.97 Å². The highest BCUT2D eigenvalue weighted by Crippen LogP contribution is 2.30. The van der Waals surface area contributed by atoms with Gasteiger partial charge in [0.1, 0.15) is 5.69 Å². The molecule has 0 aromatic carbocycles. The Balaban J connectivity index is 1.99. The molecule has 2 N–H and O–H groups in total. The van der Waals surface area contributed by atoms with E-state index in [9.17, 15) is 14.7 Å². The molecule has 1 aliphatic rings. The molecule has 0 saturated carbocycles. The lowest BCUT2D eigenvalue weighted by molar-refractivity contribution is -0.154. The Kier molecular flexibility index (Phi) is 4.95. The average Bonchev–Trinajstić information content (AvgIpc) is 2.95. The van der Waals surface area contributed by atoms with Crippen LogP contribution in [0.5, 0.6) is 0 Å². The summed E-state index contributed by atoms with van der Waals surface area (Å²) in [6.45, 7) is 4.97. The normalized spacial score (nSPS) is 17.7. The van der Waals surface area contributed by atoms with Gasteiger partial charge in [-0.25, -0.2) is 4.98 Å². The number of nitrogens with one attached hydrogen (secondary N) is 1. The molecule has 1 amide bonds. The molecule has 0 radical (unpaired) electrons. The van der Waals surface area contributed by atoms with Gasteiger partial charge in [-0.1, -0.05) is 13.8 Å². The molecule has 0 unspecified atom stereocenters. The van der Waals surface area contributed by atoms with Gasteiger partial charge in [0, 0.05) is 31.1 Å². The lowest BCUT2D eigenvalue weighted by Crippen LogP contribution is -2.46. The lowest BCUT2D eigenvalue weighted by Gasteiger charge is -2.32. The van der Waals surface area contributed by atoms with E-state index in [1.807, 2.05) is 13.8 Å². The number of thiazole rings is 1. The van der Waals surface area contributed by atoms with Crippen LogP contribution in [-0.4, -0.2) is 41.7 Å². The second-order valence-electron chi connectivity index (χ2n) is 5.61. The van der Waals surface area contributed by atoms with Crippen LogP contribution < -0.4 is 5.32 Å². The summed E-state index contributed by atoms with van der Waals surface area (Å²) in [5, 5.41) is 14.8. The summed E-state index contributed by atoms with van der Waals surface area (Å²) < 4.78 is 5.21. The third-order valence-corrected chi connectivity index (χ3v) is 4.88. The summed E-state index contributed by atoms with van der Waals surface area (Å²) in [4.78, 5) is 27.9. The number of aliphatic carboxylic acids is 1. The number of carboxylic acid groups (broad SMARTS) is 1. The Bertz CT molecular complexity index is 521. The molecular weight excluding hydrogens is 292 g/mol. The molecule has 0 spiro atoms. The van der Waals surface area contributed by atoms with Crippen LogP contribution in [0.2, 0.25) is 0 Å². The first-order chi connectivity index (χ1) is 9.94. The zero-order valence-electron chi connectivity index (χ0n) is 12.2. The van der Waals surface area contributed by atoms with E-state index in [-0.39, 0.29) is 18.4 Å². The molecule has 21 heavy (non-hydrogen) atoms. The number of rotatable bonds is 5. The molecule has 2 rings (SSSR count). The van der Waals surface area contributed by atoms with Crippen molar-refractivity contribution in [3.8, 4) is 0 Å². The van der Waals surface area contributed by atoms with Crippen LogP contribution in [-0.2, 0) is 9.53 Å². The number of amides is 1. The first-order valence-corrected chi connectivity index (χ1v) is 7.87. The molecule has 1 aliphatic heterocycles. The van der Waals surface area contributed by atoms with Crippen molar-refractivity contribution in [2.75, 3.05) is 19.8 Å². The van der Waals surface area contributed by atoms with Gasteiger partial charge in [0.2, 0.25) is 0 Å². The fourth-order valence-electron chi connectivity index (χ4n) is 2.23. The van der Waals surface area contributed by atoms with Gasteiger partial charge in [-0.2, -0.15) is 0 Å². The summed E-state index contributed by atoms with van der Waals surface area (Å²) in [7, 11) is 0. The van der Waals surface area contributed by atoms with Gasteiger partial charge in [0.25, 0.3) is 5.91 Å². The largest absolute Gasteiger partial charge is 0.481 e. The van der Waals surface area contributed by atoms with Gasteiger partial charge in [0.15, 0.2) is 0 Å². The van der Waals surface area contributed by atoms with E-state index in [0.717, 1.165) is 5.01 Å². The molecule has 0 bridgehead atoms. The fraction of sp³-hybridized carbons (Fsp3) is 0.643. The molecular formula is C14H20N2O4S. The number of nitrogens with zero attached hydrogens (tertiary/aromatic N) is 1. The molecule has 1 fully saturated rings. The third kappa shape index (κ3) is 3.59. The van der Waals surface area contributed by atoms with Crippen molar-refractivity contribution in [1.29, 1.82) is 0 Å². The summed E-state index contributed by atoms with van der Waals surface area (Å²) in [5.74, 6) is -0.921. The van der Waals surface area contributed by atoms with Crippen molar-refractivity contribution in [3.63, 3.8) is 0 Å². The minimum atomic E-state index is -0.926. The maximum atomic E-state index is 12.1. The first-order valence-electron chi connectivity index (χ1n) is 6.99. The molecule has 116 valence electrons. The van der Waals surface area contributed by atoms with Crippen LogP contribution in [0, 0.1) is 5.41 Å². The molecule has 1 saturated heterocycles. The van der Waals surface area contributed by atoms with Crippen LogP contribution in [0.3, 0.4) is 0 Å². The monoisotopic (exact) mass is 312 g/mol. The SMILES string of the molecule is CC(C)c1nc(C(=O)NCC2(C(=O)O)CCOCC2)cs1. The molecule has 2 heterocycles. The van der Waals surface area contributed by atoms with Crippen LogP contribution >= 0.6 is 11.3 Å². The first kappa shape index (κ1) is 15.9. The Morgan fingerprint density at radius 2 is 2.14 bits per heavy atom. The Morgan fingerprint density at radius 3 is 2.67 bits per heavy atom. The van der Waals surface area contributed by atoms with Crippen molar-refractivity contribution in [3.05, 3.63) is 16.1 Å². The number of aromatic nitrogens is 1. The topological polar surface area (TPSA) is 88.5 Å². The number of carboxylic acids is 1. The highest BCUT2D eigenvalue weighted by Gasteiger charge is 2.40. The van der Waals surface area contributed by atoms with Gasteiger partial charge in [0.05, 0.1) is 10.4 Å². The number of hydrogen-bond acceptors (Lipinski definition) is 5. The third-order valence-electron chi connectivity index (χ3n) is 3.74. The van der Waals surface area contributed by atoms with E-state index in [1.54, 1.807) is 5.38 Å². The number of carbonyl (C=O) groups excluding carboxylic acids is 1. The van der Waals surface area contributed by atoms with Gasteiger partial charge in [-0.3, -0.25) is 9.59 Å². The van der Waals surface area contributed by atoms with Crippen molar-refractivity contribution in [2.45, 2.75) is 32.6 Å². The predicted octanol–water partition coefficient (Wildman–Crippen LogP) is 1.88. The molecule has 1 aromatic heterocycles. The standard InChI is InChI=1S/C14H20N2O4S/c1-9(2)12-16-10(7-21-12)11(17)15-8-14(13(18)19)3-5-20-6-4-14/h7,9H,3-6,8H2,1-2H3,(H,15,17)(H,18,19). The zero-order chi connectivity index (χ0) is 15.5. The maximum Gasteiger partial charge on any atom is 0.311 e. The lowest BCUT2D eigenvalue weighted by atomic mass is 9.80. The van der Waals surface area contributed by atoms with E-state index in [1.165, 1.54) is 11.3 Å². The highest BCUT2D eigenvalue weighted by molar-refractivity contribution is 7.09. The molecule has 7 heteroatoms. The highest BCUT2D eigenvalue weighted by atomic mass is 32.1. The Morgan fingerprint density at radius 1 is 1.48 bits per heavy atom. The summed E-state index contributed by atoms with van der Waals surface area (Å²) in [6, 6.07) is 0. The van der Waals surface area contributed by atoms with Gasteiger partial charge < -0.3 is 15.2 Å². The number of hydrogen-bond donors (Lipinski definition) is 2. The minimum absolute atomic E-state index is 0.110. The quantitative estimate of drug-likeness (QED) is 0.866. The smallest absolute Gasteiger partial charge is 0.311 e. The zero-order valence-corrected chi connectivity index (χ0v) is 13.0.